The molecule has 0 N–H and O–H groups in total. The lowest BCUT2D eigenvalue weighted by Gasteiger charge is -2.10. The van der Waals surface area contributed by atoms with Gasteiger partial charge in [-0.1, -0.05) is 18.2 Å². The van der Waals surface area contributed by atoms with Crippen LogP contribution < -0.4 is 5.63 Å². The zero-order chi connectivity index (χ0) is 18.8. The van der Waals surface area contributed by atoms with Crippen molar-refractivity contribution in [1.29, 1.82) is 0 Å². The van der Waals surface area contributed by atoms with Crippen molar-refractivity contribution in [3.05, 3.63) is 69.8 Å². The summed E-state index contributed by atoms with van der Waals surface area (Å²) in [5, 5.41) is 0.726. The van der Waals surface area contributed by atoms with Crippen LogP contribution in [0.2, 0.25) is 0 Å². The average Bonchev–Trinajstić information content (AvgIpc) is 2.59. The topological polar surface area (TPSA) is 50.5 Å². The molecule has 3 aromatic rings. The van der Waals surface area contributed by atoms with Crippen molar-refractivity contribution >= 4 is 16.8 Å². The van der Waals surface area contributed by atoms with Crippen molar-refractivity contribution in [3.8, 4) is 11.1 Å². The van der Waals surface area contributed by atoms with E-state index in [-0.39, 0.29) is 23.6 Å². The van der Waals surface area contributed by atoms with Crippen LogP contribution in [0.3, 0.4) is 0 Å². The second-order valence-electron chi connectivity index (χ2n) is 6.64. The summed E-state index contributed by atoms with van der Waals surface area (Å²) in [4.78, 5) is 26.5. The third kappa shape index (κ3) is 3.73. The number of aryl methyl sites for hydroxylation is 1. The van der Waals surface area contributed by atoms with Crippen LogP contribution in [-0.4, -0.2) is 31.3 Å². The Morgan fingerprint density at radius 1 is 1.08 bits per heavy atom. The maximum Gasteiger partial charge on any atom is 0.347 e. The lowest BCUT2D eigenvalue weighted by Crippen LogP contribution is -2.20. The number of ketones is 1. The van der Waals surface area contributed by atoms with Crippen LogP contribution in [0, 0.1) is 12.7 Å². The number of carbonyl (C=O) groups is 1. The van der Waals surface area contributed by atoms with Gasteiger partial charge >= 0.3 is 5.63 Å². The highest BCUT2D eigenvalue weighted by atomic mass is 19.1. The zero-order valence-corrected chi connectivity index (χ0v) is 15.0. The highest BCUT2D eigenvalue weighted by molar-refractivity contribution is 5.99. The summed E-state index contributed by atoms with van der Waals surface area (Å²) in [6, 6.07) is 11.4. The maximum absolute atomic E-state index is 13.1. The number of hydrogen-bond acceptors (Lipinski definition) is 4. The molecule has 0 saturated carbocycles. The lowest BCUT2D eigenvalue weighted by molar-refractivity contribution is 0.0969. The minimum absolute atomic E-state index is 0.0805. The van der Waals surface area contributed by atoms with Gasteiger partial charge in [0.2, 0.25) is 0 Å². The van der Waals surface area contributed by atoms with E-state index in [1.165, 1.54) is 12.1 Å². The van der Waals surface area contributed by atoms with Gasteiger partial charge in [-0.25, -0.2) is 9.18 Å². The summed E-state index contributed by atoms with van der Waals surface area (Å²) in [5.74, 6) is -0.532. The monoisotopic (exact) mass is 353 g/mol. The highest BCUT2D eigenvalue weighted by Crippen LogP contribution is 2.27. The van der Waals surface area contributed by atoms with Crippen molar-refractivity contribution in [3.63, 3.8) is 0 Å². The van der Waals surface area contributed by atoms with Crippen molar-refractivity contribution < 1.29 is 13.6 Å². The van der Waals surface area contributed by atoms with Crippen LogP contribution in [0.1, 0.15) is 22.3 Å². The predicted molar refractivity (Wildman–Crippen MR) is 100 cm³/mol. The summed E-state index contributed by atoms with van der Waals surface area (Å²) in [6.07, 6.45) is 0.260. The van der Waals surface area contributed by atoms with Crippen molar-refractivity contribution in [2.75, 3.05) is 20.6 Å². The van der Waals surface area contributed by atoms with Crippen molar-refractivity contribution in [1.82, 2.24) is 4.90 Å². The lowest BCUT2D eigenvalue weighted by atomic mass is 9.99. The molecule has 26 heavy (non-hydrogen) atoms. The molecule has 0 aliphatic carbocycles. The van der Waals surface area contributed by atoms with Gasteiger partial charge in [-0.3, -0.25) is 4.79 Å². The third-order valence-corrected chi connectivity index (χ3v) is 4.32. The fraction of sp³-hybridized carbons (Fsp3) is 0.238. The number of hydrogen-bond donors (Lipinski definition) is 0. The fourth-order valence-electron chi connectivity index (χ4n) is 2.86. The van der Waals surface area contributed by atoms with Crippen molar-refractivity contribution in [2.24, 2.45) is 0 Å². The van der Waals surface area contributed by atoms with E-state index in [4.69, 9.17) is 4.42 Å². The zero-order valence-electron chi connectivity index (χ0n) is 15.0. The van der Waals surface area contributed by atoms with Gasteiger partial charge < -0.3 is 9.32 Å². The Hall–Kier alpha value is -2.79. The third-order valence-electron chi connectivity index (χ3n) is 4.32. The molecule has 5 heteroatoms. The quantitative estimate of drug-likeness (QED) is 0.513. The van der Waals surface area contributed by atoms with Gasteiger partial charge in [0.25, 0.3) is 0 Å². The molecule has 0 radical (unpaired) electrons. The first-order valence-electron chi connectivity index (χ1n) is 8.37. The SMILES string of the molecule is Cc1cc(-c2ccc(F)cc2)cc2oc(=O)c(C(=O)CCN(C)C)cc12. The number of benzene rings is 2. The second-order valence-corrected chi connectivity index (χ2v) is 6.64. The summed E-state index contributed by atoms with van der Waals surface area (Å²) in [5.41, 5.74) is 2.40. The molecule has 4 nitrogen and oxygen atoms in total. The molecule has 0 saturated heterocycles. The number of fused-ring (bicyclic) bond motifs is 1. The van der Waals surface area contributed by atoms with Crippen LogP contribution in [0.15, 0.2) is 51.7 Å². The molecule has 0 atom stereocenters. The van der Waals surface area contributed by atoms with E-state index in [0.717, 1.165) is 22.1 Å². The molecule has 0 unspecified atom stereocenters. The largest absolute Gasteiger partial charge is 0.422 e. The smallest absolute Gasteiger partial charge is 0.347 e. The van der Waals surface area contributed by atoms with Gasteiger partial charge in [-0.15, -0.1) is 0 Å². The van der Waals surface area contributed by atoms with Gasteiger partial charge in [0.05, 0.1) is 0 Å². The molecule has 0 aliphatic rings. The normalized spacial score (nSPS) is 11.3. The van der Waals surface area contributed by atoms with Crippen LogP contribution >= 0.6 is 0 Å². The summed E-state index contributed by atoms with van der Waals surface area (Å²) >= 11 is 0. The Morgan fingerprint density at radius 3 is 2.42 bits per heavy atom. The van der Waals surface area contributed by atoms with E-state index in [1.54, 1.807) is 24.3 Å². The van der Waals surface area contributed by atoms with Crippen LogP contribution in [-0.2, 0) is 0 Å². The Bertz CT molecular complexity index is 1020. The first-order chi connectivity index (χ1) is 12.3. The molecule has 0 bridgehead atoms. The Morgan fingerprint density at radius 2 is 1.77 bits per heavy atom. The molecule has 0 aliphatic heterocycles. The van der Waals surface area contributed by atoms with E-state index < -0.39 is 5.63 Å². The molecule has 134 valence electrons. The first kappa shape index (κ1) is 18.0. The Kier molecular flexibility index (Phi) is 5.00. The minimum Gasteiger partial charge on any atom is -0.422 e. The van der Waals surface area contributed by atoms with Crippen LogP contribution in [0.25, 0.3) is 22.1 Å². The summed E-state index contributed by atoms with van der Waals surface area (Å²) < 4.78 is 18.5. The molecule has 0 spiro atoms. The molecular weight excluding hydrogens is 333 g/mol. The van der Waals surface area contributed by atoms with E-state index in [9.17, 15) is 14.0 Å². The van der Waals surface area contributed by atoms with E-state index >= 15 is 0 Å². The van der Waals surface area contributed by atoms with Gasteiger partial charge in [0, 0.05) is 18.4 Å². The van der Waals surface area contributed by atoms with Crippen molar-refractivity contribution in [2.45, 2.75) is 13.3 Å². The number of rotatable bonds is 5. The minimum atomic E-state index is -0.628. The first-order valence-corrected chi connectivity index (χ1v) is 8.37. The van der Waals surface area contributed by atoms with Gasteiger partial charge in [-0.05, 0) is 62.0 Å². The van der Waals surface area contributed by atoms with Gasteiger partial charge in [0.15, 0.2) is 5.78 Å². The van der Waals surface area contributed by atoms with Gasteiger partial charge in [0.1, 0.15) is 17.0 Å². The molecule has 0 fully saturated rings. The van der Waals surface area contributed by atoms with Crippen LogP contribution in [0.5, 0.6) is 0 Å². The maximum atomic E-state index is 13.1. The fourth-order valence-corrected chi connectivity index (χ4v) is 2.86. The van der Waals surface area contributed by atoms with E-state index in [2.05, 4.69) is 0 Å². The summed E-state index contributed by atoms with van der Waals surface area (Å²) in [7, 11) is 3.74. The summed E-state index contributed by atoms with van der Waals surface area (Å²) in [6.45, 7) is 2.46. The molecule has 1 heterocycles. The highest BCUT2D eigenvalue weighted by Gasteiger charge is 2.15. The van der Waals surface area contributed by atoms with Crippen LogP contribution in [0.4, 0.5) is 4.39 Å². The molecule has 2 aromatic carbocycles. The standard InChI is InChI=1S/C21H20FNO3/c1-13-10-15(14-4-6-16(22)7-5-14)11-20-17(13)12-18(21(25)26-20)19(24)8-9-23(2)3/h4-7,10-12H,8-9H2,1-3H3. The van der Waals surface area contributed by atoms with E-state index in [1.807, 2.05) is 32.0 Å². The molecular formula is C21H20FNO3. The second kappa shape index (κ2) is 7.22. The van der Waals surface area contributed by atoms with Gasteiger partial charge in [-0.2, -0.15) is 0 Å². The molecule has 1 aromatic heterocycles. The molecule has 0 amide bonds. The number of Topliss-reactive ketones (excluding diaryl/α,β-unsaturated/α-hetero) is 1. The Labute approximate surface area is 150 Å². The number of halogens is 1. The molecule has 3 rings (SSSR count). The average molecular weight is 353 g/mol. The van der Waals surface area contributed by atoms with E-state index in [0.29, 0.717) is 12.1 Å². The number of carbonyl (C=O) groups excluding carboxylic acids is 1. The predicted octanol–water partition coefficient (Wildman–Crippen LogP) is 4.04. The number of nitrogens with zero attached hydrogens (tertiary/aromatic N) is 1. The Balaban J connectivity index is 2.05.